The van der Waals surface area contributed by atoms with E-state index in [9.17, 15) is 4.79 Å². The van der Waals surface area contributed by atoms with Crippen LogP contribution in [0.5, 0.6) is 5.75 Å². The molecule has 0 fully saturated rings. The molecule has 29 heavy (non-hydrogen) atoms. The predicted molar refractivity (Wildman–Crippen MR) is 115 cm³/mol. The summed E-state index contributed by atoms with van der Waals surface area (Å²) in [5, 5.41) is 6.27. The van der Waals surface area contributed by atoms with Crippen molar-refractivity contribution in [1.29, 1.82) is 0 Å². The molecule has 2 N–H and O–H groups in total. The van der Waals surface area contributed by atoms with Crippen molar-refractivity contribution in [2.24, 2.45) is 5.73 Å². The van der Waals surface area contributed by atoms with Gasteiger partial charge in [0.05, 0.1) is 29.0 Å². The summed E-state index contributed by atoms with van der Waals surface area (Å²) in [6.45, 7) is 5.79. The lowest BCUT2D eigenvalue weighted by Gasteiger charge is -2.12. The van der Waals surface area contributed by atoms with Crippen molar-refractivity contribution >= 4 is 40.6 Å². The Balaban J connectivity index is 1.74. The van der Waals surface area contributed by atoms with Crippen LogP contribution in [0.25, 0.3) is 11.4 Å². The van der Waals surface area contributed by atoms with Gasteiger partial charge in [0.15, 0.2) is 4.34 Å². The van der Waals surface area contributed by atoms with Crippen molar-refractivity contribution in [2.45, 2.75) is 49.3 Å². The summed E-state index contributed by atoms with van der Waals surface area (Å²) in [4.78, 5) is 20.4. The number of ether oxygens (including phenoxy) is 1. The summed E-state index contributed by atoms with van der Waals surface area (Å²) >= 11 is 8.93. The Labute approximate surface area is 182 Å². The van der Waals surface area contributed by atoms with Crippen LogP contribution in [0.1, 0.15) is 38.8 Å². The smallest absolute Gasteiger partial charge is 0.233 e. The molecule has 0 saturated carbocycles. The molecule has 2 heterocycles. The van der Waals surface area contributed by atoms with E-state index in [2.05, 4.69) is 15.1 Å². The number of carbonyl (C=O) groups is 1. The zero-order valence-electron chi connectivity index (χ0n) is 16.2. The Morgan fingerprint density at radius 2 is 2.17 bits per heavy atom. The highest BCUT2D eigenvalue weighted by atomic mass is 35.5. The van der Waals surface area contributed by atoms with Gasteiger partial charge in [0.25, 0.3) is 0 Å². The largest absolute Gasteiger partial charge is 0.490 e. The van der Waals surface area contributed by atoms with E-state index in [0.29, 0.717) is 40.9 Å². The molecule has 1 amide bonds. The first kappa shape index (κ1) is 21.6. The molecule has 1 atom stereocenters. The number of primary amides is 1. The highest BCUT2D eigenvalue weighted by molar-refractivity contribution is 8.02. The van der Waals surface area contributed by atoms with Crippen LogP contribution in [0.3, 0.4) is 0 Å². The molecule has 10 heteroatoms. The highest BCUT2D eigenvalue weighted by Gasteiger charge is 2.19. The third kappa shape index (κ3) is 5.71. The monoisotopic (exact) mass is 452 g/mol. The molecular formula is C19H21ClN4O3S2. The van der Waals surface area contributed by atoms with Gasteiger partial charge in [0.2, 0.25) is 17.6 Å². The first-order chi connectivity index (χ1) is 13.9. The summed E-state index contributed by atoms with van der Waals surface area (Å²) in [7, 11) is 0. The number of thiazole rings is 1. The molecule has 0 saturated heterocycles. The van der Waals surface area contributed by atoms with Crippen molar-refractivity contribution < 1.29 is 14.1 Å². The third-order valence-electron chi connectivity index (χ3n) is 3.81. The number of nitrogens with zero attached hydrogens (tertiary/aromatic N) is 3. The van der Waals surface area contributed by atoms with Crippen LogP contribution in [0.4, 0.5) is 0 Å². The molecule has 154 valence electrons. The van der Waals surface area contributed by atoms with Gasteiger partial charge in [0, 0.05) is 10.4 Å². The lowest BCUT2D eigenvalue weighted by Crippen LogP contribution is -2.24. The van der Waals surface area contributed by atoms with E-state index in [1.165, 1.54) is 23.1 Å². The Morgan fingerprint density at radius 3 is 2.86 bits per heavy atom. The van der Waals surface area contributed by atoms with Gasteiger partial charge >= 0.3 is 0 Å². The highest BCUT2D eigenvalue weighted by Crippen LogP contribution is 2.32. The average molecular weight is 453 g/mol. The van der Waals surface area contributed by atoms with Crippen molar-refractivity contribution in [3.8, 4) is 17.1 Å². The number of benzene rings is 1. The molecule has 3 aromatic rings. The van der Waals surface area contributed by atoms with Crippen LogP contribution in [0.15, 0.2) is 32.4 Å². The lowest BCUT2D eigenvalue weighted by molar-refractivity contribution is -0.117. The van der Waals surface area contributed by atoms with E-state index < -0.39 is 0 Å². The van der Waals surface area contributed by atoms with Crippen LogP contribution in [-0.2, 0) is 11.2 Å². The number of hydrogen-bond acceptors (Lipinski definition) is 8. The topological polar surface area (TPSA) is 104 Å². The van der Waals surface area contributed by atoms with E-state index in [1.807, 2.05) is 26.2 Å². The summed E-state index contributed by atoms with van der Waals surface area (Å²) in [5.41, 5.74) is 6.90. The lowest BCUT2D eigenvalue weighted by atomic mass is 10.2. The molecule has 7 nitrogen and oxygen atoms in total. The van der Waals surface area contributed by atoms with E-state index in [-0.39, 0.29) is 17.3 Å². The Bertz CT molecular complexity index is 990. The van der Waals surface area contributed by atoms with Crippen molar-refractivity contribution in [1.82, 2.24) is 15.1 Å². The summed E-state index contributed by atoms with van der Waals surface area (Å²) < 4.78 is 12.0. The van der Waals surface area contributed by atoms with Gasteiger partial charge < -0.3 is 15.0 Å². The SMILES string of the molecule is CCC(Sc1nc(Cc2nc(-c3ccc(Cl)cc3OC(C)C)no2)cs1)C(N)=O. The molecule has 0 aliphatic heterocycles. The number of nitrogens with two attached hydrogens (primary N) is 1. The molecule has 0 spiro atoms. The Morgan fingerprint density at radius 1 is 1.38 bits per heavy atom. The zero-order chi connectivity index (χ0) is 21.0. The molecule has 0 aliphatic rings. The number of carbonyl (C=O) groups excluding carboxylic acids is 1. The van der Waals surface area contributed by atoms with Gasteiger partial charge in [-0.1, -0.05) is 35.4 Å². The average Bonchev–Trinajstić information content (AvgIpc) is 3.29. The van der Waals surface area contributed by atoms with E-state index in [4.69, 9.17) is 26.6 Å². The summed E-state index contributed by atoms with van der Waals surface area (Å²) in [6.07, 6.45) is 1.03. The summed E-state index contributed by atoms with van der Waals surface area (Å²) in [6, 6.07) is 5.30. The second-order valence-corrected chi connectivity index (χ2v) is 9.26. The maximum absolute atomic E-state index is 11.4. The van der Waals surface area contributed by atoms with Crippen LogP contribution in [0, 0.1) is 0 Å². The molecule has 0 bridgehead atoms. The quantitative estimate of drug-likeness (QED) is 0.473. The molecule has 1 aromatic carbocycles. The van der Waals surface area contributed by atoms with E-state index >= 15 is 0 Å². The minimum absolute atomic E-state index is 0.0168. The van der Waals surface area contributed by atoms with Gasteiger partial charge in [0.1, 0.15) is 5.75 Å². The molecule has 3 rings (SSSR count). The molecule has 1 unspecified atom stereocenters. The minimum atomic E-state index is -0.335. The number of hydrogen-bond donors (Lipinski definition) is 1. The fourth-order valence-electron chi connectivity index (χ4n) is 2.51. The van der Waals surface area contributed by atoms with Crippen LogP contribution < -0.4 is 10.5 Å². The minimum Gasteiger partial charge on any atom is -0.490 e. The first-order valence-corrected chi connectivity index (χ1v) is 11.2. The van der Waals surface area contributed by atoms with Crippen LogP contribution in [-0.4, -0.2) is 32.4 Å². The number of aromatic nitrogens is 3. The number of rotatable bonds is 9. The fourth-order valence-corrected chi connectivity index (χ4v) is 4.63. The van der Waals surface area contributed by atoms with E-state index in [0.717, 1.165) is 10.0 Å². The van der Waals surface area contributed by atoms with Gasteiger partial charge in [-0.3, -0.25) is 4.79 Å². The van der Waals surface area contributed by atoms with Crippen molar-refractivity contribution in [3.05, 3.63) is 40.2 Å². The first-order valence-electron chi connectivity index (χ1n) is 9.05. The number of thioether (sulfide) groups is 1. The van der Waals surface area contributed by atoms with Gasteiger partial charge in [-0.15, -0.1) is 11.3 Å². The molecule has 0 radical (unpaired) electrons. The van der Waals surface area contributed by atoms with Crippen molar-refractivity contribution in [3.63, 3.8) is 0 Å². The molecule has 2 aromatic heterocycles. The normalized spacial score (nSPS) is 12.3. The third-order valence-corrected chi connectivity index (χ3v) is 6.45. The fraction of sp³-hybridized carbons (Fsp3) is 0.368. The van der Waals surface area contributed by atoms with Gasteiger partial charge in [-0.05, 0) is 38.5 Å². The second kappa shape index (κ2) is 9.60. The number of halogens is 1. The maximum atomic E-state index is 11.4. The second-order valence-electron chi connectivity index (χ2n) is 6.52. The zero-order valence-corrected chi connectivity index (χ0v) is 18.6. The standard InChI is InChI=1S/C19H21ClN4O3S2/c1-4-15(17(21)25)29-19-22-12(9-28-19)8-16-23-18(24-27-16)13-6-5-11(20)7-14(13)26-10(2)3/h5-7,9-10,15H,4,8H2,1-3H3,(H2,21,25). The van der Waals surface area contributed by atoms with Gasteiger partial charge in [-0.25, -0.2) is 4.98 Å². The predicted octanol–water partition coefficient (Wildman–Crippen LogP) is 4.58. The molecule has 0 aliphatic carbocycles. The Hall–Kier alpha value is -2.10. The van der Waals surface area contributed by atoms with Gasteiger partial charge in [-0.2, -0.15) is 4.98 Å². The maximum Gasteiger partial charge on any atom is 0.233 e. The Kier molecular flexibility index (Phi) is 7.15. The van der Waals surface area contributed by atoms with Crippen LogP contribution >= 0.6 is 34.7 Å². The van der Waals surface area contributed by atoms with Crippen molar-refractivity contribution in [2.75, 3.05) is 0 Å². The molecular weight excluding hydrogens is 432 g/mol. The van der Waals surface area contributed by atoms with E-state index in [1.54, 1.807) is 18.2 Å². The summed E-state index contributed by atoms with van der Waals surface area (Å²) in [5.74, 6) is 1.13. The van der Waals surface area contributed by atoms with Crippen LogP contribution in [0.2, 0.25) is 5.02 Å². The number of amides is 1.